The minimum absolute atomic E-state index is 0.166. The number of hydrogen-bond donors (Lipinski definition) is 1. The fourth-order valence-corrected chi connectivity index (χ4v) is 3.74. The Morgan fingerprint density at radius 3 is 2.61 bits per heavy atom. The molecule has 0 saturated heterocycles. The Labute approximate surface area is 141 Å². The summed E-state index contributed by atoms with van der Waals surface area (Å²) in [6.07, 6.45) is 0. The molecule has 3 rings (SSSR count). The highest BCUT2D eigenvalue weighted by Crippen LogP contribution is 2.28. The first kappa shape index (κ1) is 15.8. The highest BCUT2D eigenvalue weighted by molar-refractivity contribution is 7.17. The average molecular weight is 347 g/mol. The second kappa shape index (κ2) is 6.55. The molecule has 1 aromatic carbocycles. The van der Waals surface area contributed by atoms with E-state index in [9.17, 15) is 9.18 Å². The zero-order valence-corrected chi connectivity index (χ0v) is 14.2. The van der Waals surface area contributed by atoms with Crippen molar-refractivity contribution < 1.29 is 9.18 Å². The summed E-state index contributed by atoms with van der Waals surface area (Å²) >= 11 is 2.83. The molecular weight excluding hydrogens is 333 g/mol. The lowest BCUT2D eigenvalue weighted by atomic mass is 10.2. The molecule has 0 saturated carbocycles. The molecule has 0 aliphatic rings. The third kappa shape index (κ3) is 3.62. The second-order valence-corrected chi connectivity index (χ2v) is 6.95. The van der Waals surface area contributed by atoms with Crippen molar-refractivity contribution in [2.45, 2.75) is 20.4 Å². The molecule has 7 heteroatoms. The van der Waals surface area contributed by atoms with E-state index >= 15 is 0 Å². The van der Waals surface area contributed by atoms with E-state index in [2.05, 4.69) is 15.3 Å². The number of nitrogens with one attached hydrogen (secondary N) is 1. The molecule has 4 nitrogen and oxygen atoms in total. The minimum atomic E-state index is -0.293. The Bertz CT molecular complexity index is 839. The smallest absolute Gasteiger partial charge is 0.263 e. The summed E-state index contributed by atoms with van der Waals surface area (Å²) < 4.78 is 13.0. The maximum atomic E-state index is 13.0. The van der Waals surface area contributed by atoms with Gasteiger partial charge in [-0.25, -0.2) is 14.4 Å². The van der Waals surface area contributed by atoms with E-state index in [0.29, 0.717) is 22.1 Å². The topological polar surface area (TPSA) is 54.9 Å². The number of nitrogens with zero attached hydrogens (tertiary/aromatic N) is 2. The fourth-order valence-electron chi connectivity index (χ4n) is 2.04. The highest BCUT2D eigenvalue weighted by Gasteiger charge is 2.16. The van der Waals surface area contributed by atoms with Crippen LogP contribution in [-0.4, -0.2) is 15.9 Å². The second-order valence-electron chi connectivity index (χ2n) is 5.01. The van der Waals surface area contributed by atoms with Gasteiger partial charge in [0, 0.05) is 16.6 Å². The van der Waals surface area contributed by atoms with Crippen LogP contribution in [0.15, 0.2) is 29.6 Å². The third-order valence-corrected chi connectivity index (χ3v) is 5.33. The number of thiazole rings is 2. The van der Waals surface area contributed by atoms with E-state index in [4.69, 9.17) is 0 Å². The molecule has 0 atom stereocenters. The first-order valence-corrected chi connectivity index (χ1v) is 8.65. The standard InChI is InChI=1S/C16H14FN3OS2/c1-9-8-22-13(19-9)7-18-15(21)14-10(2)20-16(23-14)11-3-5-12(17)6-4-11/h3-6,8H,7H2,1-2H3,(H,18,21). The SMILES string of the molecule is Cc1csc(CNC(=O)c2sc(-c3ccc(F)cc3)nc2C)n1. The Morgan fingerprint density at radius 1 is 1.22 bits per heavy atom. The van der Waals surface area contributed by atoms with Crippen molar-refractivity contribution in [2.24, 2.45) is 0 Å². The molecule has 0 fully saturated rings. The molecule has 0 bridgehead atoms. The van der Waals surface area contributed by atoms with Gasteiger partial charge in [0.15, 0.2) is 0 Å². The Morgan fingerprint density at radius 2 is 1.96 bits per heavy atom. The maximum absolute atomic E-state index is 13.0. The van der Waals surface area contributed by atoms with Crippen LogP contribution in [0.3, 0.4) is 0 Å². The summed E-state index contributed by atoms with van der Waals surface area (Å²) in [5, 5.41) is 6.39. The predicted molar refractivity (Wildman–Crippen MR) is 90.3 cm³/mol. The van der Waals surface area contributed by atoms with Crippen LogP contribution in [-0.2, 0) is 6.54 Å². The van der Waals surface area contributed by atoms with Gasteiger partial charge in [-0.1, -0.05) is 0 Å². The molecule has 2 aromatic heterocycles. The van der Waals surface area contributed by atoms with Crippen molar-refractivity contribution in [2.75, 3.05) is 0 Å². The number of amides is 1. The van der Waals surface area contributed by atoms with Crippen molar-refractivity contribution in [3.05, 3.63) is 56.7 Å². The number of carbonyl (C=O) groups is 1. The van der Waals surface area contributed by atoms with Crippen LogP contribution in [0, 0.1) is 19.7 Å². The van der Waals surface area contributed by atoms with Crippen molar-refractivity contribution in [3.63, 3.8) is 0 Å². The maximum Gasteiger partial charge on any atom is 0.263 e. The molecule has 23 heavy (non-hydrogen) atoms. The largest absolute Gasteiger partial charge is 0.345 e. The van der Waals surface area contributed by atoms with Crippen molar-refractivity contribution >= 4 is 28.6 Å². The molecule has 0 aliphatic carbocycles. The summed E-state index contributed by atoms with van der Waals surface area (Å²) in [6.45, 7) is 4.12. The van der Waals surface area contributed by atoms with Crippen LogP contribution in [0.4, 0.5) is 4.39 Å². The monoisotopic (exact) mass is 347 g/mol. The van der Waals surface area contributed by atoms with Gasteiger partial charge in [-0.05, 0) is 38.1 Å². The van der Waals surface area contributed by atoms with E-state index in [1.807, 2.05) is 12.3 Å². The molecule has 118 valence electrons. The summed E-state index contributed by atoms with van der Waals surface area (Å²) in [7, 11) is 0. The fraction of sp³-hybridized carbons (Fsp3) is 0.188. The lowest BCUT2D eigenvalue weighted by Gasteiger charge is -2.01. The van der Waals surface area contributed by atoms with Crippen molar-refractivity contribution in [1.29, 1.82) is 0 Å². The minimum Gasteiger partial charge on any atom is -0.345 e. The van der Waals surface area contributed by atoms with E-state index in [1.54, 1.807) is 19.1 Å². The van der Waals surface area contributed by atoms with Crippen LogP contribution < -0.4 is 5.32 Å². The van der Waals surface area contributed by atoms with Crippen molar-refractivity contribution in [3.8, 4) is 10.6 Å². The van der Waals surface area contributed by atoms with Gasteiger partial charge in [-0.3, -0.25) is 4.79 Å². The highest BCUT2D eigenvalue weighted by atomic mass is 32.1. The lowest BCUT2D eigenvalue weighted by Crippen LogP contribution is -2.22. The zero-order valence-electron chi connectivity index (χ0n) is 12.6. The molecule has 0 unspecified atom stereocenters. The molecular formula is C16H14FN3OS2. The third-order valence-electron chi connectivity index (χ3n) is 3.16. The van der Waals surface area contributed by atoms with Crippen LogP contribution in [0.1, 0.15) is 26.1 Å². The summed E-state index contributed by atoms with van der Waals surface area (Å²) in [5.74, 6) is -0.458. The van der Waals surface area contributed by atoms with Crippen LogP contribution in [0.25, 0.3) is 10.6 Å². The van der Waals surface area contributed by atoms with Gasteiger partial charge in [-0.2, -0.15) is 0 Å². The lowest BCUT2D eigenvalue weighted by molar-refractivity contribution is 0.0954. The van der Waals surface area contributed by atoms with Crippen LogP contribution in [0.2, 0.25) is 0 Å². The number of hydrogen-bond acceptors (Lipinski definition) is 5. The molecule has 3 aromatic rings. The Balaban J connectivity index is 1.74. The molecule has 1 amide bonds. The quantitative estimate of drug-likeness (QED) is 0.777. The van der Waals surface area contributed by atoms with Gasteiger partial charge in [0.2, 0.25) is 0 Å². The number of halogens is 1. The van der Waals surface area contributed by atoms with E-state index in [-0.39, 0.29) is 11.7 Å². The summed E-state index contributed by atoms with van der Waals surface area (Å²) in [4.78, 5) is 21.6. The zero-order chi connectivity index (χ0) is 16.4. The van der Waals surface area contributed by atoms with Gasteiger partial charge >= 0.3 is 0 Å². The first-order valence-electron chi connectivity index (χ1n) is 6.95. The van der Waals surface area contributed by atoms with Gasteiger partial charge in [-0.15, -0.1) is 22.7 Å². The molecule has 2 heterocycles. The number of benzene rings is 1. The number of carbonyl (C=O) groups excluding carboxylic acids is 1. The van der Waals surface area contributed by atoms with Crippen LogP contribution >= 0.6 is 22.7 Å². The molecule has 0 spiro atoms. The summed E-state index contributed by atoms with van der Waals surface area (Å²) in [5.41, 5.74) is 2.42. The Kier molecular flexibility index (Phi) is 4.49. The molecule has 1 N–H and O–H groups in total. The normalized spacial score (nSPS) is 10.7. The van der Waals surface area contributed by atoms with E-state index in [1.165, 1.54) is 34.8 Å². The first-order chi connectivity index (χ1) is 11.0. The van der Waals surface area contributed by atoms with E-state index in [0.717, 1.165) is 16.3 Å². The van der Waals surface area contributed by atoms with Crippen molar-refractivity contribution in [1.82, 2.24) is 15.3 Å². The number of aromatic nitrogens is 2. The number of rotatable bonds is 4. The van der Waals surface area contributed by atoms with Crippen LogP contribution in [0.5, 0.6) is 0 Å². The van der Waals surface area contributed by atoms with Gasteiger partial charge in [0.1, 0.15) is 20.7 Å². The van der Waals surface area contributed by atoms with E-state index < -0.39 is 0 Å². The average Bonchev–Trinajstić information content (AvgIpc) is 3.11. The Hall–Kier alpha value is -2.12. The molecule has 0 radical (unpaired) electrons. The van der Waals surface area contributed by atoms with Gasteiger partial charge < -0.3 is 5.32 Å². The van der Waals surface area contributed by atoms with Gasteiger partial charge in [0.05, 0.1) is 12.2 Å². The van der Waals surface area contributed by atoms with Gasteiger partial charge in [0.25, 0.3) is 5.91 Å². The number of aryl methyl sites for hydroxylation is 2. The molecule has 0 aliphatic heterocycles. The summed E-state index contributed by atoms with van der Waals surface area (Å²) in [6, 6.07) is 6.09. The predicted octanol–water partition coefficient (Wildman–Crippen LogP) is 3.95.